The van der Waals surface area contributed by atoms with E-state index < -0.39 is 5.97 Å². The first-order valence-electron chi connectivity index (χ1n) is 7.97. The number of hydrogen-bond donors (Lipinski definition) is 0. The van der Waals surface area contributed by atoms with Crippen molar-refractivity contribution in [2.24, 2.45) is 0 Å². The summed E-state index contributed by atoms with van der Waals surface area (Å²) in [4.78, 5) is 21.6. The molecular weight excluding hydrogens is 336 g/mol. The summed E-state index contributed by atoms with van der Waals surface area (Å²) in [5.74, 6) is 0.140. The van der Waals surface area contributed by atoms with Gasteiger partial charge in [0.1, 0.15) is 5.56 Å². The second-order valence-electron chi connectivity index (χ2n) is 5.45. The summed E-state index contributed by atoms with van der Waals surface area (Å²) in [5, 5.41) is 0.621. The minimum absolute atomic E-state index is 0.290. The number of hydrogen-bond acceptors (Lipinski definition) is 4. The van der Waals surface area contributed by atoms with Crippen LogP contribution in [0.4, 0.5) is 0 Å². The number of nitrogens with zero attached hydrogens (tertiary/aromatic N) is 2. The van der Waals surface area contributed by atoms with Crippen LogP contribution < -0.4 is 0 Å². The molecule has 0 bridgehead atoms. The van der Waals surface area contributed by atoms with Crippen molar-refractivity contribution in [1.82, 2.24) is 9.97 Å². The molecular formula is C20H17ClN2O2. The molecule has 0 aliphatic rings. The maximum Gasteiger partial charge on any atom is 0.342 e. The van der Waals surface area contributed by atoms with Crippen molar-refractivity contribution in [3.05, 3.63) is 70.9 Å². The molecule has 3 rings (SSSR count). The van der Waals surface area contributed by atoms with Crippen molar-refractivity contribution < 1.29 is 9.53 Å². The average Bonchev–Trinajstić information content (AvgIpc) is 2.62. The van der Waals surface area contributed by atoms with Gasteiger partial charge in [0.05, 0.1) is 18.0 Å². The van der Waals surface area contributed by atoms with E-state index in [9.17, 15) is 4.79 Å². The first-order valence-corrected chi connectivity index (χ1v) is 8.35. The second-order valence-corrected chi connectivity index (χ2v) is 5.89. The van der Waals surface area contributed by atoms with Gasteiger partial charge in [0, 0.05) is 16.1 Å². The van der Waals surface area contributed by atoms with Gasteiger partial charge >= 0.3 is 5.97 Å². The molecule has 126 valence electrons. The van der Waals surface area contributed by atoms with E-state index in [1.807, 2.05) is 42.5 Å². The number of benzene rings is 2. The van der Waals surface area contributed by atoms with Crippen LogP contribution in [0.3, 0.4) is 0 Å². The topological polar surface area (TPSA) is 52.1 Å². The van der Waals surface area contributed by atoms with Gasteiger partial charge in [-0.3, -0.25) is 0 Å². The van der Waals surface area contributed by atoms with Gasteiger partial charge in [-0.05, 0) is 26.0 Å². The highest BCUT2D eigenvalue weighted by molar-refractivity contribution is 6.30. The van der Waals surface area contributed by atoms with E-state index in [2.05, 4.69) is 9.97 Å². The van der Waals surface area contributed by atoms with Crippen LogP contribution in [0.25, 0.3) is 22.6 Å². The molecule has 0 unspecified atom stereocenters. The molecule has 3 aromatic rings. The molecule has 0 aliphatic carbocycles. The maximum atomic E-state index is 12.4. The largest absolute Gasteiger partial charge is 0.462 e. The highest BCUT2D eigenvalue weighted by atomic mass is 35.5. The fraction of sp³-hybridized carbons (Fsp3) is 0.150. The SMILES string of the molecule is CCOC(=O)c1c(C)nc(-c2ccccc2)nc1-c1ccc(Cl)cc1. The summed E-state index contributed by atoms with van der Waals surface area (Å²) < 4.78 is 5.20. The van der Waals surface area contributed by atoms with Crippen LogP contribution in [0.5, 0.6) is 0 Å². The van der Waals surface area contributed by atoms with Crippen molar-refractivity contribution in [3.63, 3.8) is 0 Å². The summed E-state index contributed by atoms with van der Waals surface area (Å²) in [6.07, 6.45) is 0. The molecule has 0 radical (unpaired) electrons. The van der Waals surface area contributed by atoms with Crippen LogP contribution in [-0.2, 0) is 4.74 Å². The fourth-order valence-electron chi connectivity index (χ4n) is 2.55. The summed E-state index contributed by atoms with van der Waals surface area (Å²) >= 11 is 5.99. The first kappa shape index (κ1) is 17.1. The molecule has 0 atom stereocenters. The molecule has 2 aromatic carbocycles. The average molecular weight is 353 g/mol. The number of halogens is 1. The molecule has 0 saturated carbocycles. The van der Waals surface area contributed by atoms with E-state index in [0.717, 1.165) is 11.1 Å². The quantitative estimate of drug-likeness (QED) is 0.623. The Kier molecular flexibility index (Phi) is 5.10. The van der Waals surface area contributed by atoms with Gasteiger partial charge < -0.3 is 4.74 Å². The Morgan fingerprint density at radius 3 is 2.32 bits per heavy atom. The Hall–Kier alpha value is -2.72. The Morgan fingerprint density at radius 2 is 1.68 bits per heavy atom. The number of carbonyl (C=O) groups is 1. The molecule has 0 spiro atoms. The first-order chi connectivity index (χ1) is 12.1. The minimum Gasteiger partial charge on any atom is -0.462 e. The lowest BCUT2D eigenvalue weighted by Crippen LogP contribution is -2.12. The monoisotopic (exact) mass is 352 g/mol. The third-order valence-electron chi connectivity index (χ3n) is 3.72. The van der Waals surface area contributed by atoms with Crippen LogP contribution in [0.2, 0.25) is 5.02 Å². The number of ether oxygens (including phenoxy) is 1. The molecule has 0 N–H and O–H groups in total. The van der Waals surface area contributed by atoms with E-state index in [1.54, 1.807) is 26.0 Å². The summed E-state index contributed by atoms with van der Waals surface area (Å²) in [6, 6.07) is 16.9. The number of esters is 1. The summed E-state index contributed by atoms with van der Waals surface area (Å²) in [5.41, 5.74) is 3.17. The third-order valence-corrected chi connectivity index (χ3v) is 3.97. The lowest BCUT2D eigenvalue weighted by Gasteiger charge is -2.13. The number of aryl methyl sites for hydroxylation is 1. The van der Waals surface area contributed by atoms with Crippen molar-refractivity contribution in [2.45, 2.75) is 13.8 Å². The predicted octanol–water partition coefficient (Wildman–Crippen LogP) is 4.95. The van der Waals surface area contributed by atoms with Crippen molar-refractivity contribution in [1.29, 1.82) is 0 Å². The maximum absolute atomic E-state index is 12.4. The van der Waals surface area contributed by atoms with E-state index in [-0.39, 0.29) is 0 Å². The molecule has 25 heavy (non-hydrogen) atoms. The zero-order chi connectivity index (χ0) is 17.8. The second kappa shape index (κ2) is 7.45. The van der Waals surface area contributed by atoms with Gasteiger partial charge in [-0.1, -0.05) is 54.1 Å². The standard InChI is InChI=1S/C20H17ClN2O2/c1-3-25-20(24)17-13(2)22-19(15-7-5-4-6-8-15)23-18(17)14-9-11-16(21)12-10-14/h4-12H,3H2,1-2H3. The molecule has 1 heterocycles. The van der Waals surface area contributed by atoms with Crippen molar-refractivity contribution in [3.8, 4) is 22.6 Å². The van der Waals surface area contributed by atoms with Crippen LogP contribution in [0, 0.1) is 6.92 Å². The number of aromatic nitrogens is 2. The van der Waals surface area contributed by atoms with E-state index >= 15 is 0 Å². The zero-order valence-corrected chi connectivity index (χ0v) is 14.7. The normalized spacial score (nSPS) is 10.5. The van der Waals surface area contributed by atoms with Gasteiger partial charge in [-0.2, -0.15) is 0 Å². The Balaban J connectivity index is 2.21. The Labute approximate surface area is 151 Å². The van der Waals surface area contributed by atoms with Gasteiger partial charge in [0.25, 0.3) is 0 Å². The van der Waals surface area contributed by atoms with Crippen molar-refractivity contribution in [2.75, 3.05) is 6.61 Å². The van der Waals surface area contributed by atoms with E-state index in [1.165, 1.54) is 0 Å². The summed E-state index contributed by atoms with van der Waals surface area (Å²) in [6.45, 7) is 3.85. The minimum atomic E-state index is -0.426. The molecule has 5 heteroatoms. The molecule has 0 fully saturated rings. The van der Waals surface area contributed by atoms with Crippen LogP contribution in [0.15, 0.2) is 54.6 Å². The fourth-order valence-corrected chi connectivity index (χ4v) is 2.68. The molecule has 0 amide bonds. The third kappa shape index (κ3) is 3.69. The van der Waals surface area contributed by atoms with Crippen LogP contribution in [-0.4, -0.2) is 22.5 Å². The van der Waals surface area contributed by atoms with Crippen LogP contribution in [0.1, 0.15) is 23.0 Å². The van der Waals surface area contributed by atoms with E-state index in [4.69, 9.17) is 16.3 Å². The molecule has 0 saturated heterocycles. The Bertz CT molecular complexity index is 894. The predicted molar refractivity (Wildman–Crippen MR) is 98.6 cm³/mol. The Morgan fingerprint density at radius 1 is 1.00 bits per heavy atom. The number of carbonyl (C=O) groups excluding carboxylic acids is 1. The van der Waals surface area contributed by atoms with Crippen LogP contribution >= 0.6 is 11.6 Å². The molecule has 0 aliphatic heterocycles. The highest BCUT2D eigenvalue weighted by Crippen LogP contribution is 2.28. The molecule has 4 nitrogen and oxygen atoms in total. The van der Waals surface area contributed by atoms with Gasteiger partial charge in [0.15, 0.2) is 5.82 Å². The smallest absolute Gasteiger partial charge is 0.342 e. The summed E-state index contributed by atoms with van der Waals surface area (Å²) in [7, 11) is 0. The van der Waals surface area contributed by atoms with Crippen molar-refractivity contribution >= 4 is 17.6 Å². The van der Waals surface area contributed by atoms with Gasteiger partial charge in [-0.25, -0.2) is 14.8 Å². The highest BCUT2D eigenvalue weighted by Gasteiger charge is 2.21. The lowest BCUT2D eigenvalue weighted by atomic mass is 10.0. The lowest BCUT2D eigenvalue weighted by molar-refractivity contribution is 0.0525. The zero-order valence-electron chi connectivity index (χ0n) is 14.0. The molecule has 1 aromatic heterocycles. The van der Waals surface area contributed by atoms with Gasteiger partial charge in [0.2, 0.25) is 0 Å². The van der Waals surface area contributed by atoms with E-state index in [0.29, 0.717) is 34.4 Å². The number of rotatable bonds is 4. The van der Waals surface area contributed by atoms with Gasteiger partial charge in [-0.15, -0.1) is 0 Å².